The lowest BCUT2D eigenvalue weighted by Gasteiger charge is -2.34. The topological polar surface area (TPSA) is 76.1 Å². The first-order valence-corrected chi connectivity index (χ1v) is 7.00. The molecule has 0 aromatic heterocycles. The van der Waals surface area contributed by atoms with Crippen LogP contribution in [0.15, 0.2) is 0 Å². The van der Waals surface area contributed by atoms with Crippen molar-refractivity contribution in [2.24, 2.45) is 0 Å². The summed E-state index contributed by atoms with van der Waals surface area (Å²) >= 11 is 0. The van der Waals surface area contributed by atoms with E-state index in [-0.39, 0.29) is 19.8 Å². The van der Waals surface area contributed by atoms with Crippen LogP contribution in [0.2, 0.25) is 0 Å². The fourth-order valence-corrected chi connectivity index (χ4v) is 2.43. The van der Waals surface area contributed by atoms with Gasteiger partial charge in [-0.05, 0) is 40.5 Å². The summed E-state index contributed by atoms with van der Waals surface area (Å²) in [5.41, 5.74) is -1.67. The van der Waals surface area contributed by atoms with Crippen LogP contribution in [0.4, 0.5) is 0 Å². The molecule has 0 aliphatic carbocycles. The number of hydrogen-bond donors (Lipinski definition) is 1. The summed E-state index contributed by atoms with van der Waals surface area (Å²) in [6.45, 7) is 7.54. The number of aliphatic hydroxyl groups excluding tert-OH is 1. The Kier molecular flexibility index (Phi) is 5.53. The maximum Gasteiger partial charge on any atom is 0.328 e. The number of carbonyl (C=O) groups is 2. The van der Waals surface area contributed by atoms with Gasteiger partial charge in [-0.15, -0.1) is 0 Å². The van der Waals surface area contributed by atoms with Gasteiger partial charge in [0.25, 0.3) is 0 Å². The molecule has 6 heteroatoms. The van der Waals surface area contributed by atoms with E-state index in [1.165, 1.54) is 0 Å². The zero-order valence-electron chi connectivity index (χ0n) is 12.8. The maximum absolute atomic E-state index is 12.1. The molecule has 1 atom stereocenters. The number of ether oxygens (including phenoxy) is 2. The summed E-state index contributed by atoms with van der Waals surface area (Å²) in [5.74, 6) is -0.870. The first-order valence-electron chi connectivity index (χ1n) is 7.00. The highest BCUT2D eigenvalue weighted by atomic mass is 16.6. The van der Waals surface area contributed by atoms with Gasteiger partial charge in [0.05, 0.1) is 19.8 Å². The Hall–Kier alpha value is -1.14. The molecule has 1 heterocycles. The summed E-state index contributed by atoms with van der Waals surface area (Å²) in [5, 5.41) is 9.63. The van der Waals surface area contributed by atoms with E-state index in [9.17, 15) is 14.7 Å². The van der Waals surface area contributed by atoms with Gasteiger partial charge in [0.1, 0.15) is 11.1 Å². The monoisotopic (exact) mass is 287 g/mol. The second-order valence-electron chi connectivity index (χ2n) is 6.02. The lowest BCUT2D eigenvalue weighted by molar-refractivity contribution is -0.164. The van der Waals surface area contributed by atoms with Crippen molar-refractivity contribution in [3.63, 3.8) is 0 Å². The van der Waals surface area contributed by atoms with E-state index in [1.807, 2.05) is 0 Å². The van der Waals surface area contributed by atoms with E-state index in [1.54, 1.807) is 32.6 Å². The molecule has 116 valence electrons. The fourth-order valence-electron chi connectivity index (χ4n) is 2.43. The van der Waals surface area contributed by atoms with Crippen LogP contribution in [0.5, 0.6) is 0 Å². The van der Waals surface area contributed by atoms with E-state index in [2.05, 4.69) is 0 Å². The molecule has 1 N–H and O–H groups in total. The first-order chi connectivity index (χ1) is 9.25. The molecular weight excluding hydrogens is 262 g/mol. The maximum atomic E-state index is 12.1. The molecule has 0 radical (unpaired) electrons. The van der Waals surface area contributed by atoms with Crippen molar-refractivity contribution in [1.82, 2.24) is 4.90 Å². The van der Waals surface area contributed by atoms with Crippen molar-refractivity contribution >= 4 is 11.9 Å². The number of aliphatic hydroxyl groups is 1. The van der Waals surface area contributed by atoms with Crippen molar-refractivity contribution in [3.05, 3.63) is 0 Å². The number of carbonyl (C=O) groups excluding carboxylic acids is 2. The molecule has 0 aromatic rings. The molecule has 0 bridgehead atoms. The lowest BCUT2D eigenvalue weighted by Crippen LogP contribution is -2.56. The minimum atomic E-state index is -1.10. The first kappa shape index (κ1) is 16.9. The van der Waals surface area contributed by atoms with Crippen LogP contribution in [0, 0.1) is 0 Å². The molecule has 6 nitrogen and oxygen atoms in total. The van der Waals surface area contributed by atoms with E-state index in [0.717, 1.165) is 6.42 Å². The van der Waals surface area contributed by atoms with Gasteiger partial charge in [-0.1, -0.05) is 0 Å². The van der Waals surface area contributed by atoms with Crippen molar-refractivity contribution < 1.29 is 24.2 Å². The third-order valence-corrected chi connectivity index (χ3v) is 3.28. The molecular formula is C14H25NO5. The molecule has 1 rings (SSSR count). The summed E-state index contributed by atoms with van der Waals surface area (Å²) in [6, 6.07) is 0. The van der Waals surface area contributed by atoms with Gasteiger partial charge in [-0.2, -0.15) is 0 Å². The van der Waals surface area contributed by atoms with Crippen LogP contribution in [0.1, 0.15) is 40.5 Å². The molecule has 20 heavy (non-hydrogen) atoms. The van der Waals surface area contributed by atoms with Crippen LogP contribution < -0.4 is 0 Å². The molecule has 1 saturated heterocycles. The van der Waals surface area contributed by atoms with Gasteiger partial charge in [-0.3, -0.25) is 9.69 Å². The second-order valence-corrected chi connectivity index (χ2v) is 6.02. The second kappa shape index (κ2) is 6.54. The number of nitrogens with zero attached hydrogens (tertiary/aromatic N) is 1. The Balaban J connectivity index is 2.77. The molecule has 1 fully saturated rings. The molecule has 0 saturated carbocycles. The summed E-state index contributed by atoms with van der Waals surface area (Å²) in [6.07, 6.45) is 1.23. The summed E-state index contributed by atoms with van der Waals surface area (Å²) in [4.78, 5) is 25.7. The van der Waals surface area contributed by atoms with Crippen LogP contribution in [0.3, 0.4) is 0 Å². The molecule has 1 aliphatic heterocycles. The minimum Gasteiger partial charge on any atom is -0.465 e. The zero-order chi connectivity index (χ0) is 15.4. The largest absolute Gasteiger partial charge is 0.465 e. The quantitative estimate of drug-likeness (QED) is 0.751. The molecule has 0 spiro atoms. The highest BCUT2D eigenvalue weighted by Gasteiger charge is 2.49. The zero-order valence-corrected chi connectivity index (χ0v) is 12.8. The molecule has 1 aliphatic rings. The average Bonchev–Trinajstić information content (AvgIpc) is 2.70. The number of rotatable bonds is 5. The van der Waals surface area contributed by atoms with Gasteiger partial charge in [0, 0.05) is 6.54 Å². The average molecular weight is 287 g/mol. The van der Waals surface area contributed by atoms with Crippen molar-refractivity contribution in [3.8, 4) is 0 Å². The third kappa shape index (κ3) is 3.93. The Labute approximate surface area is 120 Å². The minimum absolute atomic E-state index is 0.0172. The highest BCUT2D eigenvalue weighted by molar-refractivity contribution is 5.83. The third-order valence-electron chi connectivity index (χ3n) is 3.28. The van der Waals surface area contributed by atoms with Crippen LogP contribution in [0.25, 0.3) is 0 Å². The van der Waals surface area contributed by atoms with E-state index >= 15 is 0 Å². The predicted molar refractivity (Wildman–Crippen MR) is 73.1 cm³/mol. The van der Waals surface area contributed by atoms with Crippen molar-refractivity contribution in [1.29, 1.82) is 0 Å². The normalized spacial score (nSPS) is 23.6. The predicted octanol–water partition coefficient (Wildman–Crippen LogP) is 0.718. The molecule has 0 unspecified atom stereocenters. The fraction of sp³-hybridized carbons (Fsp3) is 0.857. The Morgan fingerprint density at radius 1 is 1.35 bits per heavy atom. The Morgan fingerprint density at radius 3 is 2.50 bits per heavy atom. The van der Waals surface area contributed by atoms with Gasteiger partial charge < -0.3 is 14.6 Å². The summed E-state index contributed by atoms with van der Waals surface area (Å²) < 4.78 is 10.3. The van der Waals surface area contributed by atoms with Gasteiger partial charge in [0.15, 0.2) is 0 Å². The van der Waals surface area contributed by atoms with E-state index < -0.39 is 23.1 Å². The van der Waals surface area contributed by atoms with Gasteiger partial charge >= 0.3 is 11.9 Å². The highest BCUT2D eigenvalue weighted by Crippen LogP contribution is 2.30. The van der Waals surface area contributed by atoms with Gasteiger partial charge in [0.2, 0.25) is 0 Å². The Bertz CT molecular complexity index is 363. The van der Waals surface area contributed by atoms with E-state index in [0.29, 0.717) is 13.0 Å². The van der Waals surface area contributed by atoms with Gasteiger partial charge in [-0.25, -0.2) is 4.79 Å². The van der Waals surface area contributed by atoms with Crippen LogP contribution in [-0.4, -0.2) is 59.4 Å². The molecule has 0 aromatic carbocycles. The lowest BCUT2D eigenvalue weighted by atomic mass is 9.97. The van der Waals surface area contributed by atoms with Crippen LogP contribution in [-0.2, 0) is 19.1 Å². The van der Waals surface area contributed by atoms with Crippen LogP contribution >= 0.6 is 0 Å². The number of hydrogen-bond acceptors (Lipinski definition) is 6. The SMILES string of the molecule is CCOC(=O)[C@@]1(CO)CCCN1CC(=O)OC(C)(C)C. The number of likely N-dealkylation sites (tertiary alicyclic amines) is 1. The smallest absolute Gasteiger partial charge is 0.328 e. The number of esters is 2. The molecule has 0 amide bonds. The van der Waals surface area contributed by atoms with E-state index in [4.69, 9.17) is 9.47 Å². The van der Waals surface area contributed by atoms with Crippen molar-refractivity contribution in [2.45, 2.75) is 51.7 Å². The van der Waals surface area contributed by atoms with Crippen molar-refractivity contribution in [2.75, 3.05) is 26.3 Å². The Morgan fingerprint density at radius 2 is 2.00 bits per heavy atom. The summed E-state index contributed by atoms with van der Waals surface area (Å²) in [7, 11) is 0. The standard InChI is InChI=1S/C14H25NO5/c1-5-19-12(18)14(10-16)7-6-8-15(14)9-11(17)20-13(2,3)4/h16H,5-10H2,1-4H3/t14-/m0/s1.